The summed E-state index contributed by atoms with van der Waals surface area (Å²) >= 11 is 0. The summed E-state index contributed by atoms with van der Waals surface area (Å²) in [4.78, 5) is 0. The number of hydrogen-bond acceptors (Lipinski definition) is 3. The molecular formula is C17H21NO2. The Morgan fingerprint density at radius 1 is 0.950 bits per heavy atom. The zero-order valence-corrected chi connectivity index (χ0v) is 12.3. The van der Waals surface area contributed by atoms with Gasteiger partial charge in [-0.25, -0.2) is 0 Å². The van der Waals surface area contributed by atoms with Gasteiger partial charge in [0.1, 0.15) is 11.5 Å². The summed E-state index contributed by atoms with van der Waals surface area (Å²) in [5.41, 5.74) is 3.53. The molecule has 0 amide bonds. The highest BCUT2D eigenvalue weighted by molar-refractivity contribution is 5.74. The van der Waals surface area contributed by atoms with E-state index in [4.69, 9.17) is 9.47 Å². The Morgan fingerprint density at radius 3 is 2.45 bits per heavy atom. The summed E-state index contributed by atoms with van der Waals surface area (Å²) in [5.74, 6) is 1.63. The lowest BCUT2D eigenvalue weighted by Gasteiger charge is -2.14. The van der Waals surface area contributed by atoms with Crippen molar-refractivity contribution in [1.29, 1.82) is 0 Å². The van der Waals surface area contributed by atoms with Crippen LogP contribution in [0.5, 0.6) is 11.5 Å². The third kappa shape index (κ3) is 3.11. The van der Waals surface area contributed by atoms with Gasteiger partial charge in [0.2, 0.25) is 0 Å². The van der Waals surface area contributed by atoms with Gasteiger partial charge in [0.05, 0.1) is 14.2 Å². The first kappa shape index (κ1) is 14.4. The van der Waals surface area contributed by atoms with Crippen molar-refractivity contribution in [2.75, 3.05) is 20.8 Å². The van der Waals surface area contributed by atoms with Crippen molar-refractivity contribution in [1.82, 2.24) is 5.32 Å². The van der Waals surface area contributed by atoms with Crippen molar-refractivity contribution in [3.63, 3.8) is 0 Å². The SMILES string of the molecule is CCNCc1ccccc1-c1ccc(OC)cc1OC. The van der Waals surface area contributed by atoms with E-state index in [9.17, 15) is 0 Å². The van der Waals surface area contributed by atoms with Crippen LogP contribution in [0.15, 0.2) is 42.5 Å². The highest BCUT2D eigenvalue weighted by Crippen LogP contribution is 2.35. The maximum Gasteiger partial charge on any atom is 0.130 e. The fraction of sp³-hybridized carbons (Fsp3) is 0.294. The summed E-state index contributed by atoms with van der Waals surface area (Å²) < 4.78 is 10.8. The third-order valence-electron chi connectivity index (χ3n) is 3.28. The minimum Gasteiger partial charge on any atom is -0.497 e. The Kier molecular flexibility index (Phi) is 5.02. The van der Waals surface area contributed by atoms with Crippen LogP contribution in [-0.4, -0.2) is 20.8 Å². The molecule has 0 atom stereocenters. The molecule has 0 saturated carbocycles. The average Bonchev–Trinajstić information content (AvgIpc) is 2.52. The molecule has 0 aliphatic heterocycles. The van der Waals surface area contributed by atoms with Gasteiger partial charge in [-0.05, 0) is 29.8 Å². The minimum absolute atomic E-state index is 0.801. The number of rotatable bonds is 6. The molecule has 0 aromatic heterocycles. The highest BCUT2D eigenvalue weighted by atomic mass is 16.5. The Hall–Kier alpha value is -2.00. The van der Waals surface area contributed by atoms with Gasteiger partial charge < -0.3 is 14.8 Å². The number of nitrogens with one attached hydrogen (secondary N) is 1. The lowest BCUT2D eigenvalue weighted by Crippen LogP contribution is -2.12. The Balaban J connectivity index is 2.45. The predicted octanol–water partition coefficient (Wildman–Crippen LogP) is 3.48. The molecule has 0 spiro atoms. The second-order valence-corrected chi connectivity index (χ2v) is 4.50. The maximum absolute atomic E-state index is 5.50. The monoisotopic (exact) mass is 271 g/mol. The van der Waals surface area contributed by atoms with Crippen LogP contribution < -0.4 is 14.8 Å². The van der Waals surface area contributed by atoms with E-state index in [0.717, 1.165) is 30.2 Å². The molecule has 2 aromatic rings. The third-order valence-corrected chi connectivity index (χ3v) is 3.28. The lowest BCUT2D eigenvalue weighted by molar-refractivity contribution is 0.395. The number of methoxy groups -OCH3 is 2. The van der Waals surface area contributed by atoms with Crippen molar-refractivity contribution in [3.05, 3.63) is 48.0 Å². The molecule has 0 fully saturated rings. The maximum atomic E-state index is 5.50. The molecule has 0 bridgehead atoms. The first-order valence-electron chi connectivity index (χ1n) is 6.81. The van der Waals surface area contributed by atoms with Gasteiger partial charge in [-0.3, -0.25) is 0 Å². The molecule has 2 aromatic carbocycles. The molecule has 1 N–H and O–H groups in total. The van der Waals surface area contributed by atoms with Gasteiger partial charge in [-0.2, -0.15) is 0 Å². The van der Waals surface area contributed by atoms with E-state index in [1.807, 2.05) is 18.2 Å². The molecule has 3 nitrogen and oxygen atoms in total. The molecular weight excluding hydrogens is 250 g/mol. The van der Waals surface area contributed by atoms with Crippen LogP contribution in [0, 0.1) is 0 Å². The van der Waals surface area contributed by atoms with E-state index >= 15 is 0 Å². The smallest absolute Gasteiger partial charge is 0.130 e. The Labute approximate surface area is 120 Å². The summed E-state index contributed by atoms with van der Waals surface area (Å²) in [5, 5.41) is 3.37. The normalized spacial score (nSPS) is 10.3. The van der Waals surface area contributed by atoms with Crippen LogP contribution in [0.2, 0.25) is 0 Å². The van der Waals surface area contributed by atoms with E-state index in [1.165, 1.54) is 11.1 Å². The van der Waals surface area contributed by atoms with Crippen molar-refractivity contribution in [3.8, 4) is 22.6 Å². The molecule has 0 aliphatic carbocycles. The number of benzene rings is 2. The van der Waals surface area contributed by atoms with Crippen LogP contribution >= 0.6 is 0 Å². The number of ether oxygens (including phenoxy) is 2. The Morgan fingerprint density at radius 2 is 1.75 bits per heavy atom. The fourth-order valence-corrected chi connectivity index (χ4v) is 2.22. The summed E-state index contributed by atoms with van der Waals surface area (Å²) in [6.07, 6.45) is 0. The standard InChI is InChI=1S/C17H21NO2/c1-4-18-12-13-7-5-6-8-15(13)16-10-9-14(19-2)11-17(16)20-3/h5-11,18H,4,12H2,1-3H3. The van der Waals surface area contributed by atoms with Crippen LogP contribution in [0.25, 0.3) is 11.1 Å². The van der Waals surface area contributed by atoms with E-state index in [0.29, 0.717) is 0 Å². The summed E-state index contributed by atoms with van der Waals surface area (Å²) in [6.45, 7) is 3.91. The van der Waals surface area contributed by atoms with E-state index < -0.39 is 0 Å². The molecule has 2 rings (SSSR count). The lowest BCUT2D eigenvalue weighted by atomic mass is 9.98. The molecule has 0 heterocycles. The molecule has 0 radical (unpaired) electrons. The van der Waals surface area contributed by atoms with E-state index in [1.54, 1.807) is 14.2 Å². The fourth-order valence-electron chi connectivity index (χ4n) is 2.22. The molecule has 0 aliphatic rings. The molecule has 106 valence electrons. The molecule has 3 heteroatoms. The summed E-state index contributed by atoms with van der Waals surface area (Å²) in [7, 11) is 3.35. The Bertz CT molecular complexity index is 567. The minimum atomic E-state index is 0.801. The van der Waals surface area contributed by atoms with Gasteiger partial charge >= 0.3 is 0 Å². The molecule has 20 heavy (non-hydrogen) atoms. The highest BCUT2D eigenvalue weighted by Gasteiger charge is 2.10. The first-order valence-corrected chi connectivity index (χ1v) is 6.81. The van der Waals surface area contributed by atoms with E-state index in [-0.39, 0.29) is 0 Å². The zero-order chi connectivity index (χ0) is 14.4. The zero-order valence-electron chi connectivity index (χ0n) is 12.3. The quantitative estimate of drug-likeness (QED) is 0.872. The number of hydrogen-bond donors (Lipinski definition) is 1. The van der Waals surface area contributed by atoms with Crippen molar-refractivity contribution < 1.29 is 9.47 Å². The molecule has 0 unspecified atom stereocenters. The van der Waals surface area contributed by atoms with Gasteiger partial charge in [-0.15, -0.1) is 0 Å². The van der Waals surface area contributed by atoms with Gasteiger partial charge in [0, 0.05) is 18.2 Å². The van der Waals surface area contributed by atoms with Crippen molar-refractivity contribution >= 4 is 0 Å². The first-order chi connectivity index (χ1) is 9.80. The average molecular weight is 271 g/mol. The predicted molar refractivity (Wildman–Crippen MR) is 82.4 cm³/mol. The molecule has 0 saturated heterocycles. The second kappa shape index (κ2) is 6.96. The summed E-state index contributed by atoms with van der Waals surface area (Å²) in [6, 6.07) is 14.3. The van der Waals surface area contributed by atoms with Crippen LogP contribution in [-0.2, 0) is 6.54 Å². The van der Waals surface area contributed by atoms with Crippen LogP contribution in [0.1, 0.15) is 12.5 Å². The van der Waals surface area contributed by atoms with Crippen molar-refractivity contribution in [2.24, 2.45) is 0 Å². The second-order valence-electron chi connectivity index (χ2n) is 4.50. The van der Waals surface area contributed by atoms with E-state index in [2.05, 4.69) is 36.5 Å². The van der Waals surface area contributed by atoms with Crippen LogP contribution in [0.4, 0.5) is 0 Å². The van der Waals surface area contributed by atoms with Crippen LogP contribution in [0.3, 0.4) is 0 Å². The van der Waals surface area contributed by atoms with Gasteiger partial charge in [0.15, 0.2) is 0 Å². The van der Waals surface area contributed by atoms with Gasteiger partial charge in [-0.1, -0.05) is 31.2 Å². The largest absolute Gasteiger partial charge is 0.497 e. The topological polar surface area (TPSA) is 30.5 Å². The van der Waals surface area contributed by atoms with Crippen molar-refractivity contribution in [2.45, 2.75) is 13.5 Å². The van der Waals surface area contributed by atoms with Gasteiger partial charge in [0.25, 0.3) is 0 Å².